The fourth-order valence-corrected chi connectivity index (χ4v) is 10.4. The van der Waals surface area contributed by atoms with Gasteiger partial charge >= 0.3 is 0 Å². The van der Waals surface area contributed by atoms with Crippen LogP contribution in [0.4, 0.5) is 0 Å². The molecule has 0 atom stereocenters. The molecule has 0 aliphatic heterocycles. The van der Waals surface area contributed by atoms with E-state index in [-0.39, 0.29) is 46.0 Å². The lowest BCUT2D eigenvalue weighted by atomic mass is 9.77. The fourth-order valence-electron chi connectivity index (χ4n) is 10.4. The monoisotopic (exact) mass is 830 g/mol. The Kier molecular flexibility index (Phi) is 8.25. The van der Waals surface area contributed by atoms with E-state index in [0.29, 0.717) is 109 Å². The number of rotatable bonds is 2. The lowest BCUT2D eigenvalue weighted by Gasteiger charge is -2.28. The molecule has 0 saturated heterocycles. The highest BCUT2D eigenvalue weighted by Crippen LogP contribution is 2.59. The second-order valence-electron chi connectivity index (χ2n) is 21.4. The summed E-state index contributed by atoms with van der Waals surface area (Å²) in [6.07, 6.45) is 0. The topological polar surface area (TPSA) is 162 Å². The second-order valence-corrected chi connectivity index (χ2v) is 21.4. The minimum absolute atomic E-state index is 0.0585. The van der Waals surface area contributed by atoms with Crippen molar-refractivity contribution >= 4 is 64.6 Å². The van der Waals surface area contributed by atoms with Gasteiger partial charge in [-0.3, -0.25) is 0 Å². The van der Waals surface area contributed by atoms with Gasteiger partial charge in [0, 0.05) is 86.9 Å². The van der Waals surface area contributed by atoms with Gasteiger partial charge in [0.1, 0.15) is 46.0 Å². The van der Waals surface area contributed by atoms with Crippen LogP contribution in [-0.4, -0.2) is 40.9 Å². The average molecular weight is 831 g/mol. The molecule has 0 saturated carbocycles. The third-order valence-corrected chi connectivity index (χ3v) is 13.0. The molecule has 0 amide bonds. The standard InChI is InChI=1S/C54H54O8/c1-51(2,3)39-43(55)25-17-19-27-35-33(25)31(47(39)59)21-29(37(35)49(61)41(45(27)57)53(7,8)9)23-13-15-24(16-14-23)30-22-32-34-26(44(56)40(48(32)60)52(4,5)6)18-20-28-36(34)38(30)50(62)42(46(28)58)54(10,11)12/h13-22,55-62H,1-12H3. The SMILES string of the molecule is CC(C)(C)c1c(O)c2ccc3c(O)c(C(C)(C)C)c(O)c4c(-c5ccc(-c6cc7c(O)c(C(C)(C)C)c(O)c8ccc9c(O)c(C(C)(C)C)c(O)c6c9c87)cc5)cc(c1O)c2c34. The summed E-state index contributed by atoms with van der Waals surface area (Å²) >= 11 is 0. The minimum atomic E-state index is -0.672. The first kappa shape index (κ1) is 40.8. The van der Waals surface area contributed by atoms with Crippen LogP contribution in [0.3, 0.4) is 0 Å². The predicted octanol–water partition coefficient (Wildman–Crippen LogP) is 13.7. The predicted molar refractivity (Wildman–Crippen MR) is 253 cm³/mol. The summed E-state index contributed by atoms with van der Waals surface area (Å²) in [5.41, 5.74) is 1.42. The van der Waals surface area contributed by atoms with Crippen LogP contribution in [0.15, 0.2) is 60.7 Å². The van der Waals surface area contributed by atoms with Crippen LogP contribution in [0.2, 0.25) is 0 Å². The van der Waals surface area contributed by atoms with Gasteiger partial charge in [-0.15, -0.1) is 0 Å². The van der Waals surface area contributed by atoms with Crippen molar-refractivity contribution in [2.75, 3.05) is 0 Å². The first-order chi connectivity index (χ1) is 28.7. The number of benzene rings is 9. The van der Waals surface area contributed by atoms with E-state index in [9.17, 15) is 40.9 Å². The third kappa shape index (κ3) is 5.37. The molecule has 0 bridgehead atoms. The fraction of sp³-hybridized carbons (Fsp3) is 0.296. The molecular weight excluding hydrogens is 777 g/mol. The largest absolute Gasteiger partial charge is 0.507 e. The van der Waals surface area contributed by atoms with Crippen LogP contribution in [0.1, 0.15) is 105 Å². The number of aromatic hydroxyl groups is 8. The molecule has 0 spiro atoms. The number of phenolic OH excluding ortho intramolecular Hbond substituents is 8. The van der Waals surface area contributed by atoms with Crippen LogP contribution in [0.25, 0.3) is 86.9 Å². The van der Waals surface area contributed by atoms with E-state index in [1.54, 1.807) is 24.3 Å². The zero-order chi connectivity index (χ0) is 45.2. The Morgan fingerprint density at radius 1 is 0.258 bits per heavy atom. The first-order valence-corrected chi connectivity index (χ1v) is 21.1. The van der Waals surface area contributed by atoms with Gasteiger partial charge in [0.25, 0.3) is 0 Å². The van der Waals surface area contributed by atoms with Crippen LogP contribution >= 0.6 is 0 Å². The summed E-state index contributed by atoms with van der Waals surface area (Å²) in [5, 5.41) is 102. The molecule has 62 heavy (non-hydrogen) atoms. The van der Waals surface area contributed by atoms with Gasteiger partial charge in [-0.05, 0) is 80.3 Å². The zero-order valence-electron chi connectivity index (χ0n) is 37.4. The molecule has 0 fully saturated rings. The Balaban J connectivity index is 1.40. The molecule has 8 nitrogen and oxygen atoms in total. The van der Waals surface area contributed by atoms with Crippen LogP contribution in [0.5, 0.6) is 46.0 Å². The summed E-state index contributed by atoms with van der Waals surface area (Å²) in [6.45, 7) is 23.0. The highest BCUT2D eigenvalue weighted by atomic mass is 16.3. The van der Waals surface area contributed by atoms with Gasteiger partial charge in [-0.25, -0.2) is 0 Å². The molecule has 0 aromatic heterocycles. The molecule has 8 N–H and O–H groups in total. The van der Waals surface area contributed by atoms with Crippen LogP contribution in [-0.2, 0) is 21.7 Å². The summed E-state index contributed by atoms with van der Waals surface area (Å²) in [7, 11) is 0. The smallest absolute Gasteiger partial charge is 0.131 e. The Morgan fingerprint density at radius 3 is 0.742 bits per heavy atom. The van der Waals surface area contributed by atoms with E-state index >= 15 is 0 Å². The highest BCUT2D eigenvalue weighted by molar-refractivity contribution is 6.33. The number of hydrogen-bond donors (Lipinski definition) is 8. The molecule has 9 rings (SSSR count). The molecule has 0 aliphatic rings. The van der Waals surface area contributed by atoms with Crippen molar-refractivity contribution < 1.29 is 40.9 Å². The summed E-state index contributed by atoms with van der Waals surface area (Å²) in [6, 6.07) is 18.3. The molecule has 0 unspecified atom stereocenters. The van der Waals surface area contributed by atoms with Crippen molar-refractivity contribution in [1.82, 2.24) is 0 Å². The van der Waals surface area contributed by atoms with Crippen molar-refractivity contribution in [2.45, 2.75) is 105 Å². The molecule has 9 aromatic carbocycles. The second kappa shape index (κ2) is 12.5. The summed E-state index contributed by atoms with van der Waals surface area (Å²) in [5.74, 6) is -0.641. The maximum absolute atomic E-state index is 12.3. The average Bonchev–Trinajstić information content (AvgIpc) is 3.15. The van der Waals surface area contributed by atoms with Gasteiger partial charge in [-0.2, -0.15) is 0 Å². The zero-order valence-corrected chi connectivity index (χ0v) is 37.4. The van der Waals surface area contributed by atoms with Gasteiger partial charge in [-0.1, -0.05) is 107 Å². The lowest BCUT2D eigenvalue weighted by molar-refractivity contribution is 0.416. The quantitative estimate of drug-likeness (QED) is 0.0799. The van der Waals surface area contributed by atoms with E-state index in [0.717, 1.165) is 0 Å². The maximum atomic E-state index is 12.3. The van der Waals surface area contributed by atoms with Crippen molar-refractivity contribution in [3.05, 3.63) is 82.9 Å². The molecule has 0 heterocycles. The van der Waals surface area contributed by atoms with Crippen LogP contribution < -0.4 is 0 Å². The molecule has 0 radical (unpaired) electrons. The lowest BCUT2D eigenvalue weighted by Crippen LogP contribution is -2.13. The number of hydrogen-bond acceptors (Lipinski definition) is 8. The van der Waals surface area contributed by atoms with Crippen molar-refractivity contribution in [2.24, 2.45) is 0 Å². The Morgan fingerprint density at radius 2 is 0.484 bits per heavy atom. The van der Waals surface area contributed by atoms with Crippen molar-refractivity contribution in [3.63, 3.8) is 0 Å². The van der Waals surface area contributed by atoms with Crippen molar-refractivity contribution in [1.29, 1.82) is 0 Å². The van der Waals surface area contributed by atoms with E-state index in [2.05, 4.69) is 0 Å². The summed E-state index contributed by atoms with van der Waals surface area (Å²) in [4.78, 5) is 0. The van der Waals surface area contributed by atoms with Gasteiger partial charge in [0.2, 0.25) is 0 Å². The van der Waals surface area contributed by atoms with E-state index in [4.69, 9.17) is 0 Å². The molecular formula is C54H54O8. The van der Waals surface area contributed by atoms with E-state index < -0.39 is 21.7 Å². The van der Waals surface area contributed by atoms with Gasteiger partial charge in [0.05, 0.1) is 0 Å². The normalized spacial score (nSPS) is 13.4. The minimum Gasteiger partial charge on any atom is -0.507 e. The van der Waals surface area contributed by atoms with E-state index in [1.807, 2.05) is 119 Å². The first-order valence-electron chi connectivity index (χ1n) is 21.1. The Hall–Kier alpha value is -6.54. The molecule has 0 aliphatic carbocycles. The molecule has 8 heteroatoms. The van der Waals surface area contributed by atoms with Gasteiger partial charge < -0.3 is 40.9 Å². The Labute approximate surface area is 360 Å². The third-order valence-electron chi connectivity index (χ3n) is 13.0. The van der Waals surface area contributed by atoms with E-state index in [1.165, 1.54) is 0 Å². The summed E-state index contributed by atoms with van der Waals surface area (Å²) < 4.78 is 0. The maximum Gasteiger partial charge on any atom is 0.131 e. The van der Waals surface area contributed by atoms with Crippen LogP contribution in [0, 0.1) is 0 Å². The van der Waals surface area contributed by atoms with Crippen molar-refractivity contribution in [3.8, 4) is 68.2 Å². The Bertz CT molecular complexity index is 3160. The molecule has 9 aromatic rings. The highest BCUT2D eigenvalue weighted by Gasteiger charge is 2.35. The number of phenols is 8. The molecule has 318 valence electrons. The van der Waals surface area contributed by atoms with Gasteiger partial charge in [0.15, 0.2) is 0 Å².